The van der Waals surface area contributed by atoms with Gasteiger partial charge in [0.05, 0.1) is 5.56 Å². The zero-order valence-corrected chi connectivity index (χ0v) is 9.07. The molecule has 0 aromatic heterocycles. The van der Waals surface area contributed by atoms with Crippen LogP contribution < -0.4 is 10.5 Å². The van der Waals surface area contributed by atoms with Crippen LogP contribution in [0.2, 0.25) is 0 Å². The van der Waals surface area contributed by atoms with Gasteiger partial charge in [-0.05, 0) is 30.7 Å². The van der Waals surface area contributed by atoms with Crippen molar-refractivity contribution in [3.63, 3.8) is 0 Å². The third kappa shape index (κ3) is 4.62. The minimum absolute atomic E-state index is 0.0441. The Morgan fingerprint density at radius 1 is 1.24 bits per heavy atom. The molecule has 1 rings (SSSR count). The van der Waals surface area contributed by atoms with Gasteiger partial charge in [-0.1, -0.05) is 0 Å². The lowest BCUT2D eigenvalue weighted by Crippen LogP contribution is -2.28. The number of hydrogen-bond donors (Lipinski definition) is 2. The van der Waals surface area contributed by atoms with E-state index < -0.39 is 11.7 Å². The van der Waals surface area contributed by atoms with Crippen LogP contribution in [-0.2, 0) is 6.18 Å². The highest BCUT2D eigenvalue weighted by molar-refractivity contribution is 5.28. The van der Waals surface area contributed by atoms with E-state index in [1.54, 1.807) is 0 Å². The van der Waals surface area contributed by atoms with Gasteiger partial charge in [0, 0.05) is 12.6 Å². The molecule has 0 aliphatic carbocycles. The summed E-state index contributed by atoms with van der Waals surface area (Å²) in [5.74, 6) is 0.325. The molecule has 1 unspecified atom stereocenters. The quantitative estimate of drug-likeness (QED) is 0.836. The first-order chi connectivity index (χ1) is 7.93. The topological polar surface area (TPSA) is 55.5 Å². The Hall–Kier alpha value is -1.27. The van der Waals surface area contributed by atoms with Crippen LogP contribution in [-0.4, -0.2) is 24.4 Å². The van der Waals surface area contributed by atoms with Crippen molar-refractivity contribution in [2.75, 3.05) is 13.2 Å². The Balaban J connectivity index is 2.51. The Bertz CT molecular complexity index is 338. The first kappa shape index (κ1) is 13.8. The van der Waals surface area contributed by atoms with Crippen molar-refractivity contribution >= 4 is 0 Å². The van der Waals surface area contributed by atoms with Gasteiger partial charge in [0.1, 0.15) is 12.4 Å². The molecule has 0 heterocycles. The van der Waals surface area contributed by atoms with Crippen LogP contribution in [0.3, 0.4) is 0 Å². The third-order valence-corrected chi connectivity index (χ3v) is 2.15. The Morgan fingerprint density at radius 2 is 1.82 bits per heavy atom. The van der Waals surface area contributed by atoms with Crippen molar-refractivity contribution in [2.45, 2.75) is 18.6 Å². The lowest BCUT2D eigenvalue weighted by molar-refractivity contribution is -0.137. The summed E-state index contributed by atoms with van der Waals surface area (Å²) < 4.78 is 41.9. The van der Waals surface area contributed by atoms with E-state index in [0.29, 0.717) is 12.2 Å². The van der Waals surface area contributed by atoms with Gasteiger partial charge in [-0.25, -0.2) is 0 Å². The van der Waals surface area contributed by atoms with E-state index in [-0.39, 0.29) is 19.3 Å². The molecule has 0 spiro atoms. The summed E-state index contributed by atoms with van der Waals surface area (Å²) in [5.41, 5.74) is 4.85. The summed E-state index contributed by atoms with van der Waals surface area (Å²) in [6.45, 7) is 0.115. The number of halogens is 3. The molecule has 1 atom stereocenters. The van der Waals surface area contributed by atoms with Gasteiger partial charge in [0.25, 0.3) is 0 Å². The molecule has 0 amide bonds. The summed E-state index contributed by atoms with van der Waals surface area (Å²) in [4.78, 5) is 0. The summed E-state index contributed by atoms with van der Waals surface area (Å²) in [5, 5.41) is 8.60. The van der Waals surface area contributed by atoms with Crippen LogP contribution in [0.15, 0.2) is 24.3 Å². The SMILES string of the molecule is NC(CCO)COc1ccc(C(F)(F)F)cc1. The molecule has 1 aromatic carbocycles. The van der Waals surface area contributed by atoms with Crippen LogP contribution in [0.4, 0.5) is 13.2 Å². The second-order valence-corrected chi connectivity index (χ2v) is 3.61. The zero-order valence-electron chi connectivity index (χ0n) is 9.07. The number of hydrogen-bond acceptors (Lipinski definition) is 3. The largest absolute Gasteiger partial charge is 0.492 e. The van der Waals surface area contributed by atoms with Crippen LogP contribution in [0.5, 0.6) is 5.75 Å². The molecular formula is C11H14F3NO2. The highest BCUT2D eigenvalue weighted by Crippen LogP contribution is 2.30. The monoisotopic (exact) mass is 249 g/mol. The molecule has 6 heteroatoms. The fraction of sp³-hybridized carbons (Fsp3) is 0.455. The first-order valence-electron chi connectivity index (χ1n) is 5.10. The number of aliphatic hydroxyl groups excluding tert-OH is 1. The summed E-state index contributed by atoms with van der Waals surface area (Å²) >= 11 is 0. The number of benzene rings is 1. The van der Waals surface area contributed by atoms with Crippen molar-refractivity contribution in [3.05, 3.63) is 29.8 Å². The molecule has 17 heavy (non-hydrogen) atoms. The fourth-order valence-electron chi connectivity index (χ4n) is 1.19. The molecule has 0 fully saturated rings. The van der Waals surface area contributed by atoms with E-state index in [2.05, 4.69) is 0 Å². The van der Waals surface area contributed by atoms with Crippen LogP contribution in [0.1, 0.15) is 12.0 Å². The van der Waals surface area contributed by atoms with E-state index in [4.69, 9.17) is 15.6 Å². The molecule has 3 nitrogen and oxygen atoms in total. The van der Waals surface area contributed by atoms with Crippen molar-refractivity contribution in [1.82, 2.24) is 0 Å². The lowest BCUT2D eigenvalue weighted by atomic mass is 10.2. The first-order valence-corrected chi connectivity index (χ1v) is 5.10. The van der Waals surface area contributed by atoms with E-state index >= 15 is 0 Å². The van der Waals surface area contributed by atoms with Gasteiger partial charge in [0.15, 0.2) is 0 Å². The second-order valence-electron chi connectivity index (χ2n) is 3.61. The predicted molar refractivity (Wildman–Crippen MR) is 56.6 cm³/mol. The molecule has 0 saturated carbocycles. The second kappa shape index (κ2) is 5.88. The van der Waals surface area contributed by atoms with E-state index in [1.807, 2.05) is 0 Å². The van der Waals surface area contributed by atoms with Crippen LogP contribution >= 0.6 is 0 Å². The van der Waals surface area contributed by atoms with Gasteiger partial charge in [0.2, 0.25) is 0 Å². The smallest absolute Gasteiger partial charge is 0.416 e. The number of ether oxygens (including phenoxy) is 1. The predicted octanol–water partition coefficient (Wildman–Crippen LogP) is 1.79. The summed E-state index contributed by atoms with van der Waals surface area (Å²) in [6, 6.07) is 4.06. The van der Waals surface area contributed by atoms with Gasteiger partial charge in [-0.3, -0.25) is 0 Å². The van der Waals surface area contributed by atoms with Gasteiger partial charge >= 0.3 is 6.18 Å². The van der Waals surface area contributed by atoms with Crippen molar-refractivity contribution < 1.29 is 23.0 Å². The molecule has 3 N–H and O–H groups in total. The standard InChI is InChI=1S/C11H14F3NO2/c12-11(13,14)8-1-3-10(4-2-8)17-7-9(15)5-6-16/h1-4,9,16H,5-7,15H2. The minimum Gasteiger partial charge on any atom is -0.492 e. The Kier molecular flexibility index (Phi) is 4.77. The molecule has 1 aromatic rings. The molecule has 0 saturated heterocycles. The molecule has 0 aliphatic heterocycles. The number of nitrogens with two attached hydrogens (primary N) is 1. The average Bonchev–Trinajstić information content (AvgIpc) is 2.26. The van der Waals surface area contributed by atoms with Gasteiger partial charge < -0.3 is 15.6 Å². The zero-order chi connectivity index (χ0) is 12.9. The highest BCUT2D eigenvalue weighted by Gasteiger charge is 2.29. The molecule has 0 radical (unpaired) electrons. The number of alkyl halides is 3. The lowest BCUT2D eigenvalue weighted by Gasteiger charge is -2.12. The number of aliphatic hydroxyl groups is 1. The van der Waals surface area contributed by atoms with E-state index in [1.165, 1.54) is 12.1 Å². The fourth-order valence-corrected chi connectivity index (χ4v) is 1.19. The number of rotatable bonds is 5. The summed E-state index contributed by atoms with van der Waals surface area (Å²) in [6.07, 6.45) is -3.95. The van der Waals surface area contributed by atoms with Crippen molar-refractivity contribution in [1.29, 1.82) is 0 Å². The van der Waals surface area contributed by atoms with Crippen molar-refractivity contribution in [2.24, 2.45) is 5.73 Å². The highest BCUT2D eigenvalue weighted by atomic mass is 19.4. The molecule has 0 bridgehead atoms. The molecule has 0 aliphatic rings. The summed E-state index contributed by atoms with van der Waals surface area (Å²) in [7, 11) is 0. The Morgan fingerprint density at radius 3 is 2.29 bits per heavy atom. The normalized spacial score (nSPS) is 13.5. The van der Waals surface area contributed by atoms with Gasteiger partial charge in [-0.15, -0.1) is 0 Å². The molecular weight excluding hydrogens is 235 g/mol. The molecule has 96 valence electrons. The van der Waals surface area contributed by atoms with Gasteiger partial charge in [-0.2, -0.15) is 13.2 Å². The van der Waals surface area contributed by atoms with E-state index in [0.717, 1.165) is 12.1 Å². The minimum atomic E-state index is -4.34. The maximum absolute atomic E-state index is 12.2. The average molecular weight is 249 g/mol. The Labute approximate surface area is 97.0 Å². The maximum Gasteiger partial charge on any atom is 0.416 e. The third-order valence-electron chi connectivity index (χ3n) is 2.15. The van der Waals surface area contributed by atoms with Crippen LogP contribution in [0.25, 0.3) is 0 Å². The van der Waals surface area contributed by atoms with Crippen molar-refractivity contribution in [3.8, 4) is 5.75 Å². The van der Waals surface area contributed by atoms with E-state index in [9.17, 15) is 13.2 Å². The maximum atomic E-state index is 12.2. The van der Waals surface area contributed by atoms with Crippen LogP contribution in [0, 0.1) is 0 Å².